The molecule has 0 spiro atoms. The Balaban J connectivity index is 2.07. The molecule has 0 fully saturated rings. The second-order valence-corrected chi connectivity index (χ2v) is 3.49. The van der Waals surface area contributed by atoms with E-state index in [1.54, 1.807) is 6.26 Å². The minimum atomic E-state index is 0.464. The number of furan rings is 1. The minimum absolute atomic E-state index is 0.464. The van der Waals surface area contributed by atoms with Gasteiger partial charge in [0, 0.05) is 31.1 Å². The summed E-state index contributed by atoms with van der Waals surface area (Å²) < 4.78 is 5.39. The predicted octanol–water partition coefficient (Wildman–Crippen LogP) is 1.21. The van der Waals surface area contributed by atoms with Gasteiger partial charge in [-0.2, -0.15) is 0 Å². The third-order valence-corrected chi connectivity index (χ3v) is 2.59. The molecule has 0 saturated heterocycles. The van der Waals surface area contributed by atoms with Crippen LogP contribution in [0.2, 0.25) is 0 Å². The highest BCUT2D eigenvalue weighted by molar-refractivity contribution is 5.23. The zero-order chi connectivity index (χ0) is 9.10. The van der Waals surface area contributed by atoms with Crippen LogP contribution in [0.3, 0.4) is 0 Å². The summed E-state index contributed by atoms with van der Waals surface area (Å²) in [6.07, 6.45) is 5.28. The van der Waals surface area contributed by atoms with Crippen molar-refractivity contribution in [3.63, 3.8) is 0 Å². The molecular weight excluding hydrogens is 164 g/mol. The molecular formula is C10H16N2O. The van der Waals surface area contributed by atoms with E-state index in [-0.39, 0.29) is 0 Å². The summed E-state index contributed by atoms with van der Waals surface area (Å²) in [5, 5.41) is 3.43. The number of fused-ring (bicyclic) bond motifs is 1. The Labute approximate surface area is 78.3 Å². The fourth-order valence-electron chi connectivity index (χ4n) is 1.96. The monoisotopic (exact) mass is 180 g/mol. The van der Waals surface area contributed by atoms with Crippen LogP contribution in [0.25, 0.3) is 0 Å². The molecule has 0 aromatic carbocycles. The van der Waals surface area contributed by atoms with Gasteiger partial charge >= 0.3 is 0 Å². The SMILES string of the molecule is NCCNC1CCCc2occc21. The minimum Gasteiger partial charge on any atom is -0.469 e. The van der Waals surface area contributed by atoms with Crippen LogP contribution in [0.5, 0.6) is 0 Å². The van der Waals surface area contributed by atoms with Crippen LogP contribution < -0.4 is 11.1 Å². The molecule has 1 aliphatic rings. The zero-order valence-electron chi connectivity index (χ0n) is 7.75. The van der Waals surface area contributed by atoms with Crippen molar-refractivity contribution in [2.24, 2.45) is 5.73 Å². The lowest BCUT2D eigenvalue weighted by Crippen LogP contribution is -2.29. The molecule has 3 N–H and O–H groups in total. The van der Waals surface area contributed by atoms with Crippen molar-refractivity contribution in [2.75, 3.05) is 13.1 Å². The zero-order valence-corrected chi connectivity index (χ0v) is 7.75. The average molecular weight is 180 g/mol. The van der Waals surface area contributed by atoms with E-state index in [1.807, 2.05) is 0 Å². The number of nitrogens with two attached hydrogens (primary N) is 1. The van der Waals surface area contributed by atoms with Gasteiger partial charge in [0.25, 0.3) is 0 Å². The van der Waals surface area contributed by atoms with Crippen molar-refractivity contribution in [1.29, 1.82) is 0 Å². The number of hydrogen-bond donors (Lipinski definition) is 2. The van der Waals surface area contributed by atoms with Gasteiger partial charge in [-0.05, 0) is 18.9 Å². The maximum Gasteiger partial charge on any atom is 0.108 e. The van der Waals surface area contributed by atoms with Gasteiger partial charge in [0.1, 0.15) is 5.76 Å². The van der Waals surface area contributed by atoms with Crippen LogP contribution in [0.4, 0.5) is 0 Å². The lowest BCUT2D eigenvalue weighted by Gasteiger charge is -2.22. The molecule has 0 amide bonds. The molecule has 0 bridgehead atoms. The van der Waals surface area contributed by atoms with Gasteiger partial charge in [-0.25, -0.2) is 0 Å². The standard InChI is InChI=1S/C10H16N2O/c11-5-6-12-9-2-1-3-10-8(9)4-7-13-10/h4,7,9,12H,1-3,5-6,11H2. The maximum absolute atomic E-state index is 5.46. The first-order chi connectivity index (χ1) is 6.42. The first-order valence-corrected chi connectivity index (χ1v) is 4.91. The van der Waals surface area contributed by atoms with Crippen molar-refractivity contribution in [1.82, 2.24) is 5.32 Å². The molecule has 1 aromatic rings. The van der Waals surface area contributed by atoms with Crippen LogP contribution in [-0.2, 0) is 6.42 Å². The summed E-state index contributed by atoms with van der Waals surface area (Å²) in [6.45, 7) is 1.58. The van der Waals surface area contributed by atoms with Gasteiger partial charge in [0.15, 0.2) is 0 Å². The summed E-state index contributed by atoms with van der Waals surface area (Å²) in [7, 11) is 0. The van der Waals surface area contributed by atoms with E-state index in [1.165, 1.54) is 18.4 Å². The highest BCUT2D eigenvalue weighted by Gasteiger charge is 2.21. The van der Waals surface area contributed by atoms with E-state index < -0.39 is 0 Å². The summed E-state index contributed by atoms with van der Waals surface area (Å²) >= 11 is 0. The normalized spacial score (nSPS) is 21.5. The molecule has 13 heavy (non-hydrogen) atoms. The third kappa shape index (κ3) is 1.76. The summed E-state index contributed by atoms with van der Waals surface area (Å²) in [6, 6.07) is 2.54. The highest BCUT2D eigenvalue weighted by Crippen LogP contribution is 2.29. The van der Waals surface area contributed by atoms with E-state index in [9.17, 15) is 0 Å². The van der Waals surface area contributed by atoms with Crippen LogP contribution >= 0.6 is 0 Å². The molecule has 3 heteroatoms. The Hall–Kier alpha value is -0.800. The topological polar surface area (TPSA) is 51.2 Å². The average Bonchev–Trinajstić information content (AvgIpc) is 2.62. The van der Waals surface area contributed by atoms with Gasteiger partial charge < -0.3 is 15.5 Å². The van der Waals surface area contributed by atoms with Gasteiger partial charge in [-0.3, -0.25) is 0 Å². The van der Waals surface area contributed by atoms with E-state index in [0.29, 0.717) is 12.6 Å². The Kier molecular flexibility index (Phi) is 2.66. The fourth-order valence-corrected chi connectivity index (χ4v) is 1.96. The van der Waals surface area contributed by atoms with Gasteiger partial charge in [-0.1, -0.05) is 0 Å². The van der Waals surface area contributed by atoms with Crippen LogP contribution in [0, 0.1) is 0 Å². The largest absolute Gasteiger partial charge is 0.469 e. The van der Waals surface area contributed by atoms with Crippen molar-refractivity contribution >= 4 is 0 Å². The van der Waals surface area contributed by atoms with Crippen LogP contribution in [0.15, 0.2) is 16.7 Å². The molecule has 0 saturated carbocycles. The molecule has 1 heterocycles. The Morgan fingerprint density at radius 1 is 1.62 bits per heavy atom. The molecule has 3 nitrogen and oxygen atoms in total. The van der Waals surface area contributed by atoms with Crippen LogP contribution in [-0.4, -0.2) is 13.1 Å². The summed E-state index contributed by atoms with van der Waals surface area (Å²) in [4.78, 5) is 0. The number of hydrogen-bond acceptors (Lipinski definition) is 3. The highest BCUT2D eigenvalue weighted by atomic mass is 16.3. The molecule has 1 unspecified atom stereocenters. The van der Waals surface area contributed by atoms with Crippen molar-refractivity contribution in [2.45, 2.75) is 25.3 Å². The molecule has 0 aliphatic heterocycles. The Morgan fingerprint density at radius 3 is 3.38 bits per heavy atom. The molecule has 72 valence electrons. The molecule has 0 radical (unpaired) electrons. The van der Waals surface area contributed by atoms with Crippen molar-refractivity contribution in [3.8, 4) is 0 Å². The van der Waals surface area contributed by atoms with E-state index in [4.69, 9.17) is 10.2 Å². The second kappa shape index (κ2) is 3.94. The molecule has 1 atom stereocenters. The fraction of sp³-hybridized carbons (Fsp3) is 0.600. The van der Waals surface area contributed by atoms with Gasteiger partial charge in [0.05, 0.1) is 6.26 Å². The Bertz CT molecular complexity index is 270. The smallest absolute Gasteiger partial charge is 0.108 e. The second-order valence-electron chi connectivity index (χ2n) is 3.49. The summed E-state index contributed by atoms with van der Waals surface area (Å²) in [5.74, 6) is 1.15. The molecule has 1 aliphatic carbocycles. The lowest BCUT2D eigenvalue weighted by molar-refractivity contribution is 0.414. The van der Waals surface area contributed by atoms with Crippen LogP contribution in [0.1, 0.15) is 30.2 Å². The first-order valence-electron chi connectivity index (χ1n) is 4.91. The number of rotatable bonds is 3. The molecule has 2 rings (SSSR count). The predicted molar refractivity (Wildman–Crippen MR) is 51.4 cm³/mol. The van der Waals surface area contributed by atoms with E-state index in [2.05, 4.69) is 11.4 Å². The van der Waals surface area contributed by atoms with E-state index >= 15 is 0 Å². The third-order valence-electron chi connectivity index (χ3n) is 2.59. The lowest BCUT2D eigenvalue weighted by atomic mass is 9.93. The molecule has 1 aromatic heterocycles. The van der Waals surface area contributed by atoms with Crippen molar-refractivity contribution in [3.05, 3.63) is 23.7 Å². The number of nitrogens with one attached hydrogen (secondary N) is 1. The van der Waals surface area contributed by atoms with Gasteiger partial charge in [0.2, 0.25) is 0 Å². The van der Waals surface area contributed by atoms with E-state index in [0.717, 1.165) is 18.7 Å². The quantitative estimate of drug-likeness (QED) is 0.735. The summed E-state index contributed by atoms with van der Waals surface area (Å²) in [5.41, 5.74) is 6.79. The first kappa shape index (κ1) is 8.78. The van der Waals surface area contributed by atoms with Gasteiger partial charge in [-0.15, -0.1) is 0 Å². The number of aryl methyl sites for hydroxylation is 1. The Morgan fingerprint density at radius 2 is 2.54 bits per heavy atom. The maximum atomic E-state index is 5.46. The van der Waals surface area contributed by atoms with Crippen molar-refractivity contribution < 1.29 is 4.42 Å².